The predicted molar refractivity (Wildman–Crippen MR) is 76.3 cm³/mol. The molecule has 2 rings (SSSR count). The molecule has 1 unspecified atom stereocenters. The lowest BCUT2D eigenvalue weighted by Crippen LogP contribution is -2.11. The van der Waals surface area contributed by atoms with E-state index in [0.29, 0.717) is 17.0 Å². The Morgan fingerprint density at radius 1 is 1.42 bits per heavy atom. The van der Waals surface area contributed by atoms with Crippen molar-refractivity contribution in [1.82, 2.24) is 10.3 Å². The number of thiazole rings is 1. The van der Waals surface area contributed by atoms with Crippen LogP contribution in [0.1, 0.15) is 22.9 Å². The van der Waals surface area contributed by atoms with Crippen molar-refractivity contribution in [3.8, 4) is 17.0 Å². The lowest BCUT2D eigenvalue weighted by Gasteiger charge is -2.11. The van der Waals surface area contributed by atoms with E-state index in [1.54, 1.807) is 23.5 Å². The number of hydrogen-bond acceptors (Lipinski definition) is 4. The summed E-state index contributed by atoms with van der Waals surface area (Å²) >= 11 is 1.59. The monoisotopic (exact) mass is 280 g/mol. The summed E-state index contributed by atoms with van der Waals surface area (Å²) in [7, 11) is 3.41. The number of nitrogens with zero attached hydrogens (tertiary/aromatic N) is 1. The van der Waals surface area contributed by atoms with Crippen LogP contribution in [0.3, 0.4) is 0 Å². The maximum absolute atomic E-state index is 14.1. The van der Waals surface area contributed by atoms with E-state index in [0.717, 1.165) is 9.88 Å². The van der Waals surface area contributed by atoms with Crippen LogP contribution < -0.4 is 10.1 Å². The van der Waals surface area contributed by atoms with Crippen LogP contribution in [0.25, 0.3) is 11.3 Å². The number of benzene rings is 1. The van der Waals surface area contributed by atoms with Gasteiger partial charge < -0.3 is 10.1 Å². The average molecular weight is 280 g/mol. The average Bonchev–Trinajstić information content (AvgIpc) is 2.79. The Hall–Kier alpha value is -1.46. The second-order valence-corrected chi connectivity index (χ2v) is 5.54. The molecule has 0 radical (unpaired) electrons. The fraction of sp³-hybridized carbons (Fsp3) is 0.357. The molecule has 1 atom stereocenters. The molecular formula is C14H17FN2OS. The number of methoxy groups -OCH3 is 1. The van der Waals surface area contributed by atoms with Crippen LogP contribution in [0.4, 0.5) is 4.39 Å². The molecule has 0 spiro atoms. The molecule has 0 saturated heterocycles. The van der Waals surface area contributed by atoms with Crippen molar-refractivity contribution in [2.75, 3.05) is 14.2 Å². The van der Waals surface area contributed by atoms with Crippen LogP contribution in [0.15, 0.2) is 18.2 Å². The quantitative estimate of drug-likeness (QED) is 0.930. The van der Waals surface area contributed by atoms with Gasteiger partial charge in [-0.1, -0.05) is 0 Å². The van der Waals surface area contributed by atoms with Crippen molar-refractivity contribution < 1.29 is 9.13 Å². The van der Waals surface area contributed by atoms with Gasteiger partial charge in [0.2, 0.25) is 0 Å². The number of rotatable bonds is 4. The molecule has 3 nitrogen and oxygen atoms in total. The summed E-state index contributed by atoms with van der Waals surface area (Å²) in [4.78, 5) is 5.51. The number of halogens is 1. The smallest absolute Gasteiger partial charge is 0.136 e. The van der Waals surface area contributed by atoms with E-state index >= 15 is 0 Å². The minimum absolute atomic E-state index is 0.141. The van der Waals surface area contributed by atoms with Crippen LogP contribution in [-0.4, -0.2) is 19.1 Å². The fourth-order valence-electron chi connectivity index (χ4n) is 1.88. The summed E-state index contributed by atoms with van der Waals surface area (Å²) in [5.41, 5.74) is 1.23. The molecule has 1 aromatic heterocycles. The zero-order valence-electron chi connectivity index (χ0n) is 11.5. The lowest BCUT2D eigenvalue weighted by molar-refractivity contribution is 0.411. The zero-order chi connectivity index (χ0) is 14.0. The summed E-state index contributed by atoms with van der Waals surface area (Å²) in [6.45, 7) is 3.97. The molecule has 0 aliphatic rings. The number of aryl methyl sites for hydroxylation is 1. The summed E-state index contributed by atoms with van der Waals surface area (Å²) in [6, 6.07) is 5.00. The Kier molecular flexibility index (Phi) is 4.17. The maximum atomic E-state index is 14.1. The van der Waals surface area contributed by atoms with Crippen molar-refractivity contribution in [3.63, 3.8) is 0 Å². The van der Waals surface area contributed by atoms with Gasteiger partial charge in [-0.15, -0.1) is 11.3 Å². The van der Waals surface area contributed by atoms with E-state index < -0.39 is 0 Å². The van der Waals surface area contributed by atoms with Crippen molar-refractivity contribution >= 4 is 11.3 Å². The highest BCUT2D eigenvalue weighted by Gasteiger charge is 2.18. The van der Waals surface area contributed by atoms with Crippen molar-refractivity contribution in [1.29, 1.82) is 0 Å². The van der Waals surface area contributed by atoms with Crippen LogP contribution in [0, 0.1) is 12.7 Å². The first kappa shape index (κ1) is 14.0. The van der Waals surface area contributed by atoms with Crippen LogP contribution in [0.2, 0.25) is 0 Å². The third-order valence-electron chi connectivity index (χ3n) is 3.02. The van der Waals surface area contributed by atoms with Crippen LogP contribution >= 0.6 is 11.3 Å². The van der Waals surface area contributed by atoms with Gasteiger partial charge in [0.05, 0.1) is 17.8 Å². The number of aromatic nitrogens is 1. The van der Waals surface area contributed by atoms with Crippen LogP contribution in [0.5, 0.6) is 5.75 Å². The molecule has 0 saturated carbocycles. The van der Waals surface area contributed by atoms with Crippen molar-refractivity contribution in [2.45, 2.75) is 19.9 Å². The number of ether oxygens (including phenoxy) is 1. The Morgan fingerprint density at radius 3 is 2.74 bits per heavy atom. The van der Waals surface area contributed by atoms with Gasteiger partial charge in [0, 0.05) is 22.5 Å². The second-order valence-electron chi connectivity index (χ2n) is 4.30. The molecular weight excluding hydrogens is 263 g/mol. The van der Waals surface area contributed by atoms with E-state index in [-0.39, 0.29) is 11.9 Å². The molecule has 0 aliphatic carbocycles. The van der Waals surface area contributed by atoms with Gasteiger partial charge >= 0.3 is 0 Å². The molecule has 0 aliphatic heterocycles. The molecule has 0 amide bonds. The fourth-order valence-corrected chi connectivity index (χ4v) is 2.88. The van der Waals surface area contributed by atoms with Gasteiger partial charge in [0.1, 0.15) is 11.6 Å². The molecule has 1 heterocycles. The molecule has 1 N–H and O–H groups in total. The van der Waals surface area contributed by atoms with Gasteiger partial charge in [-0.25, -0.2) is 9.37 Å². The lowest BCUT2D eigenvalue weighted by atomic mass is 10.1. The van der Waals surface area contributed by atoms with Crippen molar-refractivity contribution in [2.24, 2.45) is 0 Å². The summed E-state index contributed by atoms with van der Waals surface area (Å²) in [5, 5.41) is 4.10. The minimum atomic E-state index is -0.311. The Labute approximate surface area is 116 Å². The van der Waals surface area contributed by atoms with Gasteiger partial charge in [0.25, 0.3) is 0 Å². The van der Waals surface area contributed by atoms with E-state index in [9.17, 15) is 4.39 Å². The number of nitrogens with one attached hydrogen (secondary N) is 1. The van der Waals surface area contributed by atoms with E-state index in [4.69, 9.17) is 4.74 Å². The van der Waals surface area contributed by atoms with E-state index in [2.05, 4.69) is 10.3 Å². The summed E-state index contributed by atoms with van der Waals surface area (Å²) in [5.74, 6) is 0.200. The van der Waals surface area contributed by atoms with Gasteiger partial charge in [0.15, 0.2) is 0 Å². The number of hydrogen-bond donors (Lipinski definition) is 1. The second kappa shape index (κ2) is 5.67. The molecule has 19 heavy (non-hydrogen) atoms. The highest BCUT2D eigenvalue weighted by Crippen LogP contribution is 2.34. The SMILES string of the molecule is CNC(C)c1sc(C)nc1-c1ccc(OC)cc1F. The Balaban J connectivity index is 2.52. The normalized spacial score (nSPS) is 12.5. The van der Waals surface area contributed by atoms with Gasteiger partial charge in [-0.05, 0) is 33.0 Å². The molecule has 0 bridgehead atoms. The van der Waals surface area contributed by atoms with Crippen molar-refractivity contribution in [3.05, 3.63) is 33.9 Å². The topological polar surface area (TPSA) is 34.2 Å². The molecule has 102 valence electrons. The zero-order valence-corrected chi connectivity index (χ0v) is 12.3. The van der Waals surface area contributed by atoms with E-state index in [1.165, 1.54) is 13.2 Å². The summed E-state index contributed by atoms with van der Waals surface area (Å²) < 4.78 is 19.2. The first-order valence-electron chi connectivity index (χ1n) is 6.05. The van der Waals surface area contributed by atoms with Gasteiger partial charge in [-0.3, -0.25) is 0 Å². The standard InChI is InChI=1S/C14H17FN2OS/c1-8(16-3)14-13(17-9(2)19-14)11-6-5-10(18-4)7-12(11)15/h5-8,16H,1-4H3. The minimum Gasteiger partial charge on any atom is -0.497 e. The molecule has 1 aromatic carbocycles. The summed E-state index contributed by atoms with van der Waals surface area (Å²) in [6.07, 6.45) is 0. The predicted octanol–water partition coefficient (Wildman–Crippen LogP) is 3.55. The molecule has 2 aromatic rings. The Morgan fingerprint density at radius 2 is 2.16 bits per heavy atom. The third-order valence-corrected chi connectivity index (χ3v) is 4.17. The molecule has 5 heteroatoms. The Bertz CT molecular complexity index is 583. The molecule has 0 fully saturated rings. The highest BCUT2D eigenvalue weighted by atomic mass is 32.1. The first-order valence-corrected chi connectivity index (χ1v) is 6.87. The van der Waals surface area contributed by atoms with Crippen LogP contribution in [-0.2, 0) is 0 Å². The third kappa shape index (κ3) is 2.77. The first-order chi connectivity index (χ1) is 9.06. The highest BCUT2D eigenvalue weighted by molar-refractivity contribution is 7.12. The maximum Gasteiger partial charge on any atom is 0.136 e. The van der Waals surface area contributed by atoms with Gasteiger partial charge in [-0.2, -0.15) is 0 Å². The van der Waals surface area contributed by atoms with E-state index in [1.807, 2.05) is 20.9 Å². The largest absolute Gasteiger partial charge is 0.497 e.